The predicted octanol–water partition coefficient (Wildman–Crippen LogP) is 2.00. The number of para-hydroxylation sites is 2. The van der Waals surface area contributed by atoms with Gasteiger partial charge in [-0.3, -0.25) is 0 Å². The molecular formula is C18H22FN2O+. The maximum atomic E-state index is 13.0. The molecular weight excluding hydrogens is 279 g/mol. The van der Waals surface area contributed by atoms with Gasteiger partial charge < -0.3 is 14.9 Å². The molecule has 1 fully saturated rings. The van der Waals surface area contributed by atoms with Crippen LogP contribution in [0.25, 0.3) is 0 Å². The highest BCUT2D eigenvalue weighted by molar-refractivity contribution is 5.57. The lowest BCUT2D eigenvalue weighted by molar-refractivity contribution is -0.930. The normalized spacial score (nSPS) is 17.5. The van der Waals surface area contributed by atoms with E-state index in [2.05, 4.69) is 11.8 Å². The van der Waals surface area contributed by atoms with Crippen LogP contribution in [0, 0.1) is 5.82 Å². The van der Waals surface area contributed by atoms with Gasteiger partial charge in [0.1, 0.15) is 17.6 Å². The highest BCUT2D eigenvalue weighted by atomic mass is 19.1. The number of anilines is 1. The first kappa shape index (κ1) is 14.9. The number of hydrogen-bond acceptors (Lipinski definition) is 2. The van der Waals surface area contributed by atoms with E-state index in [1.165, 1.54) is 22.6 Å². The van der Waals surface area contributed by atoms with Crippen molar-refractivity contribution in [2.75, 3.05) is 31.1 Å². The molecule has 2 N–H and O–H groups in total. The molecule has 0 bridgehead atoms. The molecule has 2 aromatic carbocycles. The van der Waals surface area contributed by atoms with Crippen LogP contribution in [0.4, 0.5) is 10.1 Å². The number of quaternary nitrogens is 1. The Morgan fingerprint density at radius 1 is 1.05 bits per heavy atom. The molecule has 0 spiro atoms. The Hall–Kier alpha value is -2.07. The minimum Gasteiger partial charge on any atom is -0.506 e. The molecule has 0 amide bonds. The average Bonchev–Trinajstić information content (AvgIpc) is 2.56. The molecule has 1 aliphatic heterocycles. The maximum Gasteiger partial charge on any atom is 0.138 e. The Morgan fingerprint density at radius 2 is 1.68 bits per heavy atom. The van der Waals surface area contributed by atoms with Crippen LogP contribution in [0.2, 0.25) is 0 Å². The third-order valence-electron chi connectivity index (χ3n) is 4.61. The van der Waals surface area contributed by atoms with E-state index < -0.39 is 0 Å². The number of nitrogens with zero attached hydrogens (tertiary/aromatic N) is 1. The van der Waals surface area contributed by atoms with Gasteiger partial charge in [-0.15, -0.1) is 0 Å². The second kappa shape index (κ2) is 6.36. The highest BCUT2D eigenvalue weighted by Gasteiger charge is 2.26. The minimum atomic E-state index is -0.185. The zero-order chi connectivity index (χ0) is 15.5. The Bertz CT molecular complexity index is 621. The van der Waals surface area contributed by atoms with Gasteiger partial charge in [0.25, 0.3) is 0 Å². The minimum absolute atomic E-state index is 0.185. The smallest absolute Gasteiger partial charge is 0.138 e. The topological polar surface area (TPSA) is 27.9 Å². The van der Waals surface area contributed by atoms with Gasteiger partial charge in [0.05, 0.1) is 31.9 Å². The molecule has 116 valence electrons. The van der Waals surface area contributed by atoms with E-state index in [-0.39, 0.29) is 5.82 Å². The Kier molecular flexibility index (Phi) is 4.29. The summed E-state index contributed by atoms with van der Waals surface area (Å²) in [5.41, 5.74) is 2.09. The van der Waals surface area contributed by atoms with Crippen molar-refractivity contribution in [2.45, 2.75) is 13.0 Å². The first-order valence-corrected chi connectivity index (χ1v) is 7.78. The standard InChI is InChI=1S/C18H21FN2O/c1-14(15-6-8-16(19)9-7-15)20-10-12-21(13-11-20)17-4-2-3-5-18(17)22/h2-9,14,22H,10-13H2,1H3/p+1/t14-/m0/s1. The van der Waals surface area contributed by atoms with Gasteiger partial charge in [-0.2, -0.15) is 0 Å². The summed E-state index contributed by atoms with van der Waals surface area (Å²) in [5.74, 6) is 0.160. The van der Waals surface area contributed by atoms with E-state index in [0.717, 1.165) is 31.9 Å². The van der Waals surface area contributed by atoms with E-state index in [1.807, 2.05) is 30.3 Å². The van der Waals surface area contributed by atoms with Crippen LogP contribution in [0.5, 0.6) is 5.75 Å². The number of phenolic OH excluding ortho intramolecular Hbond substituents is 1. The van der Waals surface area contributed by atoms with Crippen LogP contribution in [-0.4, -0.2) is 31.3 Å². The van der Waals surface area contributed by atoms with E-state index >= 15 is 0 Å². The zero-order valence-electron chi connectivity index (χ0n) is 12.8. The van der Waals surface area contributed by atoms with Gasteiger partial charge in [-0.1, -0.05) is 24.3 Å². The van der Waals surface area contributed by atoms with Gasteiger partial charge in [0, 0.05) is 5.56 Å². The molecule has 1 aliphatic rings. The van der Waals surface area contributed by atoms with E-state index in [9.17, 15) is 9.50 Å². The average molecular weight is 301 g/mol. The molecule has 1 saturated heterocycles. The van der Waals surface area contributed by atoms with E-state index in [4.69, 9.17) is 0 Å². The van der Waals surface area contributed by atoms with Gasteiger partial charge in [0.2, 0.25) is 0 Å². The van der Waals surface area contributed by atoms with Crippen LogP contribution in [0.15, 0.2) is 48.5 Å². The van der Waals surface area contributed by atoms with Crippen LogP contribution >= 0.6 is 0 Å². The van der Waals surface area contributed by atoms with Gasteiger partial charge >= 0.3 is 0 Å². The first-order chi connectivity index (χ1) is 10.6. The molecule has 2 aromatic rings. The number of hydrogen-bond donors (Lipinski definition) is 2. The fourth-order valence-corrected chi connectivity index (χ4v) is 3.19. The van der Waals surface area contributed by atoms with Crippen molar-refractivity contribution in [2.24, 2.45) is 0 Å². The summed E-state index contributed by atoms with van der Waals surface area (Å²) in [6.45, 7) is 6.04. The van der Waals surface area contributed by atoms with Crippen LogP contribution in [0.1, 0.15) is 18.5 Å². The Balaban J connectivity index is 1.64. The third kappa shape index (κ3) is 3.07. The quantitative estimate of drug-likeness (QED) is 0.907. The van der Waals surface area contributed by atoms with Crippen LogP contribution < -0.4 is 9.80 Å². The van der Waals surface area contributed by atoms with Crippen LogP contribution in [0.3, 0.4) is 0 Å². The lowest BCUT2D eigenvalue weighted by atomic mass is 10.1. The van der Waals surface area contributed by atoms with Crippen molar-refractivity contribution in [1.29, 1.82) is 0 Å². The largest absolute Gasteiger partial charge is 0.506 e. The molecule has 3 nitrogen and oxygen atoms in total. The molecule has 0 radical (unpaired) electrons. The summed E-state index contributed by atoms with van der Waals surface area (Å²) in [6, 6.07) is 14.7. The van der Waals surface area contributed by atoms with Gasteiger partial charge in [0.15, 0.2) is 0 Å². The summed E-state index contributed by atoms with van der Waals surface area (Å²) in [7, 11) is 0. The second-order valence-corrected chi connectivity index (χ2v) is 5.91. The van der Waals surface area contributed by atoms with Gasteiger partial charge in [-0.25, -0.2) is 4.39 Å². The third-order valence-corrected chi connectivity index (χ3v) is 4.61. The Morgan fingerprint density at radius 3 is 2.32 bits per heavy atom. The zero-order valence-corrected chi connectivity index (χ0v) is 12.8. The fraction of sp³-hybridized carbons (Fsp3) is 0.333. The number of piperazine rings is 1. The number of benzene rings is 2. The van der Waals surface area contributed by atoms with E-state index in [0.29, 0.717) is 11.8 Å². The van der Waals surface area contributed by atoms with Crippen molar-refractivity contribution in [3.8, 4) is 5.75 Å². The number of halogens is 1. The summed E-state index contributed by atoms with van der Waals surface area (Å²) >= 11 is 0. The molecule has 0 aromatic heterocycles. The predicted molar refractivity (Wildman–Crippen MR) is 85.8 cm³/mol. The van der Waals surface area contributed by atoms with Crippen LogP contribution in [-0.2, 0) is 0 Å². The van der Waals surface area contributed by atoms with Crippen molar-refractivity contribution in [3.05, 3.63) is 59.9 Å². The van der Waals surface area contributed by atoms with Crippen molar-refractivity contribution < 1.29 is 14.4 Å². The first-order valence-electron chi connectivity index (χ1n) is 7.78. The molecule has 1 atom stereocenters. The lowest BCUT2D eigenvalue weighted by Gasteiger charge is -2.36. The van der Waals surface area contributed by atoms with Crippen molar-refractivity contribution in [3.63, 3.8) is 0 Å². The van der Waals surface area contributed by atoms with Gasteiger partial charge in [-0.05, 0) is 31.2 Å². The SMILES string of the molecule is C[C@@H](c1ccc(F)cc1)[NH+]1CCN(c2ccccc2O)CC1. The second-order valence-electron chi connectivity index (χ2n) is 5.91. The molecule has 3 rings (SSSR count). The van der Waals surface area contributed by atoms with Crippen molar-refractivity contribution >= 4 is 5.69 Å². The number of phenols is 1. The molecule has 4 heteroatoms. The summed E-state index contributed by atoms with van der Waals surface area (Å²) < 4.78 is 13.0. The molecule has 0 saturated carbocycles. The lowest BCUT2D eigenvalue weighted by Crippen LogP contribution is -3.14. The summed E-state index contributed by atoms with van der Waals surface area (Å²) in [4.78, 5) is 3.73. The van der Waals surface area contributed by atoms with E-state index in [1.54, 1.807) is 6.07 Å². The summed E-state index contributed by atoms with van der Waals surface area (Å²) in [6.07, 6.45) is 0. The molecule has 0 unspecified atom stereocenters. The monoisotopic (exact) mass is 301 g/mol. The molecule has 0 aliphatic carbocycles. The fourth-order valence-electron chi connectivity index (χ4n) is 3.19. The number of aromatic hydroxyl groups is 1. The van der Waals surface area contributed by atoms with Crippen molar-refractivity contribution in [1.82, 2.24) is 0 Å². The number of rotatable bonds is 3. The summed E-state index contributed by atoms with van der Waals surface area (Å²) in [5, 5.41) is 9.96. The highest BCUT2D eigenvalue weighted by Crippen LogP contribution is 2.26. The Labute approximate surface area is 130 Å². The molecule has 22 heavy (non-hydrogen) atoms. The number of nitrogens with one attached hydrogen (secondary N) is 1. The molecule has 1 heterocycles. The maximum absolute atomic E-state index is 13.0.